The van der Waals surface area contributed by atoms with Gasteiger partial charge < -0.3 is 5.11 Å². The molecule has 0 aromatic heterocycles. The molecule has 1 aromatic rings. The Morgan fingerprint density at radius 3 is 2.69 bits per heavy atom. The maximum Gasteiger partial charge on any atom is 0.352 e. The number of amides is 1. The Hall–Kier alpha value is -2.24. The molecule has 1 heterocycles. The topological polar surface area (TPSA) is 70.0 Å². The zero-order valence-electron chi connectivity index (χ0n) is 8.05. The van der Waals surface area contributed by atoms with Gasteiger partial charge in [-0.25, -0.2) is 9.18 Å². The van der Waals surface area contributed by atoms with Gasteiger partial charge >= 0.3 is 5.97 Å². The van der Waals surface area contributed by atoms with Crippen molar-refractivity contribution in [3.63, 3.8) is 0 Å². The van der Waals surface area contributed by atoms with Crippen LogP contribution < -0.4 is 5.01 Å². The van der Waals surface area contributed by atoms with E-state index in [0.717, 1.165) is 5.01 Å². The molecular weight excluding hydrogens is 215 g/mol. The molecule has 2 rings (SSSR count). The third-order valence-corrected chi connectivity index (χ3v) is 2.10. The number of rotatable bonds is 2. The third-order valence-electron chi connectivity index (χ3n) is 2.10. The molecule has 1 amide bonds. The number of hydrogen-bond acceptors (Lipinski definition) is 3. The highest BCUT2D eigenvalue weighted by Gasteiger charge is 2.30. The minimum absolute atomic E-state index is 0.0382. The monoisotopic (exact) mass is 222 g/mol. The number of nitrogens with zero attached hydrogens (tertiary/aromatic N) is 2. The van der Waals surface area contributed by atoms with Crippen molar-refractivity contribution in [2.75, 3.05) is 5.01 Å². The van der Waals surface area contributed by atoms with Gasteiger partial charge in [-0.1, -0.05) is 12.1 Å². The first-order valence-corrected chi connectivity index (χ1v) is 4.48. The van der Waals surface area contributed by atoms with Gasteiger partial charge in [0.15, 0.2) is 5.71 Å². The van der Waals surface area contributed by atoms with Crippen LogP contribution >= 0.6 is 0 Å². The molecule has 5 nitrogen and oxygen atoms in total. The molecule has 0 atom stereocenters. The minimum atomic E-state index is -1.27. The summed E-state index contributed by atoms with van der Waals surface area (Å²) >= 11 is 0. The molecule has 0 aliphatic carbocycles. The Morgan fingerprint density at radius 2 is 2.12 bits per heavy atom. The van der Waals surface area contributed by atoms with E-state index in [1.807, 2.05) is 0 Å². The van der Waals surface area contributed by atoms with E-state index in [2.05, 4.69) is 5.10 Å². The maximum atomic E-state index is 13.3. The summed E-state index contributed by atoms with van der Waals surface area (Å²) < 4.78 is 13.3. The second-order valence-electron chi connectivity index (χ2n) is 3.19. The first-order valence-electron chi connectivity index (χ1n) is 4.48. The van der Waals surface area contributed by atoms with Gasteiger partial charge in [-0.15, -0.1) is 0 Å². The fraction of sp³-hybridized carbons (Fsp3) is 0.100. The van der Waals surface area contributed by atoms with E-state index >= 15 is 0 Å². The van der Waals surface area contributed by atoms with Gasteiger partial charge in [0.2, 0.25) is 0 Å². The van der Waals surface area contributed by atoms with Crippen molar-refractivity contribution in [1.29, 1.82) is 0 Å². The Kier molecular flexibility index (Phi) is 2.40. The summed E-state index contributed by atoms with van der Waals surface area (Å²) in [4.78, 5) is 22.0. The number of hydrogen-bond donors (Lipinski definition) is 1. The molecule has 0 fully saturated rings. The average molecular weight is 222 g/mol. The summed E-state index contributed by atoms with van der Waals surface area (Å²) in [7, 11) is 0. The molecule has 1 aliphatic rings. The Labute approximate surface area is 89.8 Å². The third kappa shape index (κ3) is 1.65. The highest BCUT2D eigenvalue weighted by Crippen LogP contribution is 2.23. The van der Waals surface area contributed by atoms with Gasteiger partial charge in [0, 0.05) is 0 Å². The molecule has 1 aliphatic heterocycles. The van der Waals surface area contributed by atoms with Crippen LogP contribution in [-0.2, 0) is 9.59 Å². The Morgan fingerprint density at radius 1 is 1.44 bits per heavy atom. The van der Waals surface area contributed by atoms with Crippen LogP contribution in [0.15, 0.2) is 29.4 Å². The van der Waals surface area contributed by atoms with Crippen molar-refractivity contribution in [2.45, 2.75) is 6.42 Å². The van der Waals surface area contributed by atoms with Gasteiger partial charge in [-0.05, 0) is 12.1 Å². The van der Waals surface area contributed by atoms with E-state index in [9.17, 15) is 14.0 Å². The van der Waals surface area contributed by atoms with E-state index in [1.54, 1.807) is 6.07 Å². The fourth-order valence-electron chi connectivity index (χ4n) is 1.36. The van der Waals surface area contributed by atoms with Crippen molar-refractivity contribution < 1.29 is 19.1 Å². The number of carbonyl (C=O) groups excluding carboxylic acids is 1. The molecule has 0 spiro atoms. The predicted octanol–water partition coefficient (Wildman–Crippen LogP) is 1.00. The predicted molar refractivity (Wildman–Crippen MR) is 53.6 cm³/mol. The number of aliphatic carboxylic acids is 1. The number of hydrazone groups is 1. The van der Waals surface area contributed by atoms with Gasteiger partial charge in [0.25, 0.3) is 5.91 Å². The van der Waals surface area contributed by atoms with E-state index in [4.69, 9.17) is 5.11 Å². The minimum Gasteiger partial charge on any atom is -0.477 e. The van der Waals surface area contributed by atoms with Gasteiger partial charge in [0.05, 0.1) is 6.42 Å². The van der Waals surface area contributed by atoms with Crippen LogP contribution in [0.2, 0.25) is 0 Å². The highest BCUT2D eigenvalue weighted by molar-refractivity contribution is 6.42. The molecular formula is C10H7FN2O3. The number of carboxylic acid groups (broad SMARTS) is 1. The lowest BCUT2D eigenvalue weighted by molar-refractivity contribution is -0.129. The summed E-state index contributed by atoms with van der Waals surface area (Å²) in [5.74, 6) is -2.44. The van der Waals surface area contributed by atoms with Gasteiger partial charge in [0.1, 0.15) is 11.5 Å². The number of anilines is 1. The van der Waals surface area contributed by atoms with Crippen LogP contribution in [0.4, 0.5) is 10.1 Å². The Balaban J connectivity index is 2.39. The molecule has 6 heteroatoms. The van der Waals surface area contributed by atoms with Crippen LogP contribution in [0.3, 0.4) is 0 Å². The number of halogens is 1. The molecule has 0 radical (unpaired) electrons. The number of para-hydroxylation sites is 1. The molecule has 0 unspecified atom stereocenters. The highest BCUT2D eigenvalue weighted by atomic mass is 19.1. The van der Waals surface area contributed by atoms with Crippen molar-refractivity contribution in [1.82, 2.24) is 0 Å². The van der Waals surface area contributed by atoms with Crippen molar-refractivity contribution in [3.8, 4) is 0 Å². The zero-order chi connectivity index (χ0) is 11.7. The Bertz CT molecular complexity index is 499. The molecule has 0 saturated heterocycles. The second kappa shape index (κ2) is 3.73. The lowest BCUT2D eigenvalue weighted by Crippen LogP contribution is -2.20. The van der Waals surface area contributed by atoms with Crippen molar-refractivity contribution >= 4 is 23.3 Å². The second-order valence-corrected chi connectivity index (χ2v) is 3.19. The van der Waals surface area contributed by atoms with Crippen LogP contribution in [0.1, 0.15) is 6.42 Å². The molecule has 0 saturated carbocycles. The zero-order valence-corrected chi connectivity index (χ0v) is 8.05. The summed E-state index contributed by atoms with van der Waals surface area (Å²) in [5.41, 5.74) is -0.322. The SMILES string of the molecule is O=C(O)C1=NN(c2ccccc2F)C(=O)C1. The largest absolute Gasteiger partial charge is 0.477 e. The van der Waals surface area contributed by atoms with E-state index in [1.165, 1.54) is 18.2 Å². The standard InChI is InChI=1S/C10H7FN2O3/c11-6-3-1-2-4-8(6)13-9(14)5-7(12-13)10(15)16/h1-4H,5H2,(H,15,16). The first kappa shape index (κ1) is 10.3. The number of benzene rings is 1. The number of carbonyl (C=O) groups is 2. The van der Waals surface area contributed by atoms with Crippen molar-refractivity contribution in [2.24, 2.45) is 5.10 Å². The lowest BCUT2D eigenvalue weighted by Gasteiger charge is -2.11. The quantitative estimate of drug-likeness (QED) is 0.811. The van der Waals surface area contributed by atoms with Crippen LogP contribution in [0.5, 0.6) is 0 Å². The van der Waals surface area contributed by atoms with E-state index < -0.39 is 17.7 Å². The van der Waals surface area contributed by atoms with Crippen molar-refractivity contribution in [3.05, 3.63) is 30.1 Å². The first-order chi connectivity index (χ1) is 7.59. The van der Waals surface area contributed by atoms with E-state index in [-0.39, 0.29) is 17.8 Å². The maximum absolute atomic E-state index is 13.3. The van der Waals surface area contributed by atoms with Gasteiger partial charge in [-0.2, -0.15) is 10.1 Å². The van der Waals surface area contributed by atoms with Crippen LogP contribution in [0, 0.1) is 5.82 Å². The molecule has 1 N–H and O–H groups in total. The van der Waals surface area contributed by atoms with E-state index in [0.29, 0.717) is 0 Å². The summed E-state index contributed by atoms with van der Waals surface area (Å²) in [6.45, 7) is 0. The summed E-state index contributed by atoms with van der Waals surface area (Å²) in [6.07, 6.45) is -0.316. The molecule has 16 heavy (non-hydrogen) atoms. The van der Waals surface area contributed by atoms with Gasteiger partial charge in [-0.3, -0.25) is 4.79 Å². The van der Waals surface area contributed by atoms with Crippen LogP contribution in [-0.4, -0.2) is 22.7 Å². The fourth-order valence-corrected chi connectivity index (χ4v) is 1.36. The molecule has 82 valence electrons. The normalized spacial score (nSPS) is 15.2. The smallest absolute Gasteiger partial charge is 0.352 e. The molecule has 1 aromatic carbocycles. The van der Waals surface area contributed by atoms with Crippen LogP contribution in [0.25, 0.3) is 0 Å². The average Bonchev–Trinajstić information content (AvgIpc) is 2.61. The summed E-state index contributed by atoms with van der Waals surface area (Å²) in [6, 6.07) is 5.56. The summed E-state index contributed by atoms with van der Waals surface area (Å²) in [5, 5.41) is 13.0. The number of carboxylic acids is 1. The lowest BCUT2D eigenvalue weighted by atomic mass is 10.2. The molecule has 0 bridgehead atoms.